The second-order valence-electron chi connectivity index (χ2n) is 6.98. The minimum atomic E-state index is 0.401. The highest BCUT2D eigenvalue weighted by Gasteiger charge is 2.32. The van der Waals surface area contributed by atoms with E-state index in [9.17, 15) is 0 Å². The van der Waals surface area contributed by atoms with E-state index >= 15 is 0 Å². The topological polar surface area (TPSA) is 32.5 Å². The molecular weight excluding hydrogens is 258 g/mol. The van der Waals surface area contributed by atoms with Crippen LogP contribution in [0.3, 0.4) is 0 Å². The molecule has 0 amide bonds. The van der Waals surface area contributed by atoms with Gasteiger partial charge in [0.25, 0.3) is 0 Å². The van der Waals surface area contributed by atoms with Crippen molar-refractivity contribution in [1.29, 1.82) is 0 Å². The number of hydrogen-bond acceptors (Lipinski definition) is 3. The minimum Gasteiger partial charge on any atom is -0.326 e. The van der Waals surface area contributed by atoms with Gasteiger partial charge in [0.15, 0.2) is 0 Å². The van der Waals surface area contributed by atoms with Crippen molar-refractivity contribution in [2.24, 2.45) is 11.7 Å². The maximum atomic E-state index is 6.31. The fourth-order valence-electron chi connectivity index (χ4n) is 4.06. The summed E-state index contributed by atoms with van der Waals surface area (Å²) in [6, 6.07) is 11.9. The average Bonchev–Trinajstić information content (AvgIpc) is 2.81. The number of benzene rings is 1. The molecule has 116 valence electrons. The van der Waals surface area contributed by atoms with Crippen LogP contribution in [0, 0.1) is 5.92 Å². The van der Waals surface area contributed by atoms with Gasteiger partial charge >= 0.3 is 0 Å². The molecule has 1 aliphatic carbocycles. The zero-order chi connectivity index (χ0) is 14.7. The van der Waals surface area contributed by atoms with E-state index < -0.39 is 0 Å². The van der Waals surface area contributed by atoms with Crippen LogP contribution in [-0.4, -0.2) is 48.1 Å². The Kier molecular flexibility index (Phi) is 4.94. The van der Waals surface area contributed by atoms with E-state index in [1.54, 1.807) is 0 Å². The first kappa shape index (κ1) is 15.0. The van der Waals surface area contributed by atoms with Crippen molar-refractivity contribution < 1.29 is 0 Å². The highest BCUT2D eigenvalue weighted by molar-refractivity contribution is 5.14. The van der Waals surface area contributed by atoms with E-state index in [4.69, 9.17) is 5.73 Å². The van der Waals surface area contributed by atoms with Crippen molar-refractivity contribution >= 4 is 0 Å². The van der Waals surface area contributed by atoms with Crippen LogP contribution in [0.4, 0.5) is 0 Å². The largest absolute Gasteiger partial charge is 0.326 e. The van der Waals surface area contributed by atoms with Gasteiger partial charge in [0.2, 0.25) is 0 Å². The molecule has 0 radical (unpaired) electrons. The van der Waals surface area contributed by atoms with Gasteiger partial charge in [-0.1, -0.05) is 43.7 Å². The third-order valence-electron chi connectivity index (χ3n) is 5.07. The SMILES string of the molecule is CC1CN(Cc2ccccc2)CCN(C2CCCC2N)C1. The number of nitrogens with two attached hydrogens (primary N) is 1. The minimum absolute atomic E-state index is 0.401. The van der Waals surface area contributed by atoms with Crippen LogP contribution >= 0.6 is 0 Å². The molecule has 1 saturated heterocycles. The summed E-state index contributed by atoms with van der Waals surface area (Å²) in [6.07, 6.45) is 3.82. The Hall–Kier alpha value is -0.900. The van der Waals surface area contributed by atoms with Crippen molar-refractivity contribution in [2.45, 2.75) is 44.8 Å². The maximum absolute atomic E-state index is 6.31. The number of rotatable bonds is 3. The fourth-order valence-corrected chi connectivity index (χ4v) is 4.06. The molecule has 2 aliphatic rings. The molecule has 0 aromatic heterocycles. The summed E-state index contributed by atoms with van der Waals surface area (Å²) in [7, 11) is 0. The summed E-state index contributed by atoms with van der Waals surface area (Å²) in [4.78, 5) is 5.29. The van der Waals surface area contributed by atoms with Crippen LogP contribution in [0.5, 0.6) is 0 Å². The van der Waals surface area contributed by atoms with E-state index in [1.807, 2.05) is 0 Å². The van der Waals surface area contributed by atoms with Gasteiger partial charge in [-0.3, -0.25) is 9.80 Å². The summed E-state index contributed by atoms with van der Waals surface area (Å²) in [6.45, 7) is 8.22. The third-order valence-corrected chi connectivity index (χ3v) is 5.07. The lowest BCUT2D eigenvalue weighted by Gasteiger charge is -2.31. The van der Waals surface area contributed by atoms with Crippen molar-refractivity contribution in [3.05, 3.63) is 35.9 Å². The van der Waals surface area contributed by atoms with Gasteiger partial charge in [-0.25, -0.2) is 0 Å². The summed E-state index contributed by atoms with van der Waals surface area (Å²) in [5.41, 5.74) is 7.74. The summed E-state index contributed by atoms with van der Waals surface area (Å²) >= 11 is 0. The van der Waals surface area contributed by atoms with Crippen LogP contribution in [-0.2, 0) is 6.54 Å². The molecule has 1 heterocycles. The second kappa shape index (κ2) is 6.91. The first-order valence-electron chi connectivity index (χ1n) is 8.48. The van der Waals surface area contributed by atoms with Gasteiger partial charge in [-0.05, 0) is 24.3 Å². The second-order valence-corrected chi connectivity index (χ2v) is 6.98. The van der Waals surface area contributed by atoms with E-state index in [0.29, 0.717) is 12.1 Å². The Labute approximate surface area is 129 Å². The predicted octanol–water partition coefficient (Wildman–Crippen LogP) is 2.32. The molecule has 1 aromatic carbocycles. The third kappa shape index (κ3) is 3.85. The Bertz CT molecular complexity index is 433. The molecule has 1 aliphatic heterocycles. The Morgan fingerprint density at radius 3 is 2.62 bits per heavy atom. The molecule has 3 nitrogen and oxygen atoms in total. The van der Waals surface area contributed by atoms with Crippen LogP contribution in [0.2, 0.25) is 0 Å². The van der Waals surface area contributed by atoms with Crippen LogP contribution in [0.1, 0.15) is 31.7 Å². The summed E-state index contributed by atoms with van der Waals surface area (Å²) in [5.74, 6) is 0.726. The zero-order valence-electron chi connectivity index (χ0n) is 13.2. The van der Waals surface area contributed by atoms with Gasteiger partial charge < -0.3 is 5.73 Å². The highest BCUT2D eigenvalue weighted by atomic mass is 15.2. The lowest BCUT2D eigenvalue weighted by Crippen LogP contribution is -2.46. The van der Waals surface area contributed by atoms with E-state index in [2.05, 4.69) is 47.1 Å². The summed E-state index contributed by atoms with van der Waals surface area (Å²) < 4.78 is 0. The molecule has 1 saturated carbocycles. The molecule has 2 N–H and O–H groups in total. The Morgan fingerprint density at radius 1 is 1.10 bits per heavy atom. The molecule has 3 atom stereocenters. The lowest BCUT2D eigenvalue weighted by molar-refractivity contribution is 0.177. The normalized spacial score (nSPS) is 32.2. The zero-order valence-corrected chi connectivity index (χ0v) is 13.2. The first-order valence-corrected chi connectivity index (χ1v) is 8.48. The molecule has 0 spiro atoms. The van der Waals surface area contributed by atoms with Crippen molar-refractivity contribution in [3.63, 3.8) is 0 Å². The van der Waals surface area contributed by atoms with Crippen molar-refractivity contribution in [3.8, 4) is 0 Å². The van der Waals surface area contributed by atoms with Gasteiger partial charge in [0.05, 0.1) is 0 Å². The Morgan fingerprint density at radius 2 is 1.90 bits per heavy atom. The molecule has 1 aromatic rings. The number of nitrogens with zero attached hydrogens (tertiary/aromatic N) is 2. The first-order chi connectivity index (χ1) is 10.2. The smallest absolute Gasteiger partial charge is 0.0247 e. The standard InChI is InChI=1S/C18H29N3/c1-15-12-20(14-16-6-3-2-4-7-16)10-11-21(13-15)18-9-5-8-17(18)19/h2-4,6-7,15,17-18H,5,8-14,19H2,1H3. The predicted molar refractivity (Wildman–Crippen MR) is 88.1 cm³/mol. The maximum Gasteiger partial charge on any atom is 0.0247 e. The monoisotopic (exact) mass is 287 g/mol. The lowest BCUT2D eigenvalue weighted by atomic mass is 10.1. The molecule has 0 bridgehead atoms. The fraction of sp³-hybridized carbons (Fsp3) is 0.667. The summed E-state index contributed by atoms with van der Waals surface area (Å²) in [5, 5.41) is 0. The quantitative estimate of drug-likeness (QED) is 0.926. The van der Waals surface area contributed by atoms with E-state index in [-0.39, 0.29) is 0 Å². The van der Waals surface area contributed by atoms with E-state index in [1.165, 1.54) is 51.0 Å². The molecule has 21 heavy (non-hydrogen) atoms. The molecule has 2 fully saturated rings. The van der Waals surface area contributed by atoms with Gasteiger partial charge in [-0.15, -0.1) is 0 Å². The number of hydrogen-bond donors (Lipinski definition) is 1. The Balaban J connectivity index is 1.60. The van der Waals surface area contributed by atoms with Gasteiger partial charge in [-0.2, -0.15) is 0 Å². The van der Waals surface area contributed by atoms with Crippen molar-refractivity contribution in [1.82, 2.24) is 9.80 Å². The molecule has 3 rings (SSSR count). The highest BCUT2D eigenvalue weighted by Crippen LogP contribution is 2.25. The van der Waals surface area contributed by atoms with Crippen LogP contribution in [0.15, 0.2) is 30.3 Å². The van der Waals surface area contributed by atoms with Crippen LogP contribution < -0.4 is 5.73 Å². The van der Waals surface area contributed by atoms with Crippen LogP contribution in [0.25, 0.3) is 0 Å². The molecule has 3 heteroatoms. The van der Waals surface area contributed by atoms with Gasteiger partial charge in [0, 0.05) is 44.8 Å². The van der Waals surface area contributed by atoms with Crippen molar-refractivity contribution in [2.75, 3.05) is 26.2 Å². The van der Waals surface area contributed by atoms with Gasteiger partial charge in [0.1, 0.15) is 0 Å². The van der Waals surface area contributed by atoms with E-state index in [0.717, 1.165) is 12.5 Å². The average molecular weight is 287 g/mol. The molecule has 3 unspecified atom stereocenters. The molecular formula is C18H29N3.